The summed E-state index contributed by atoms with van der Waals surface area (Å²) in [5.74, 6) is -1.46. The van der Waals surface area contributed by atoms with Crippen LogP contribution in [0.1, 0.15) is 5.69 Å². The van der Waals surface area contributed by atoms with Crippen molar-refractivity contribution in [2.75, 3.05) is 5.75 Å². The highest BCUT2D eigenvalue weighted by molar-refractivity contribution is 9.10. The number of carboxylic acids is 1. The molecular formula is C12H8BrF3N2O2S. The molecule has 0 aliphatic heterocycles. The van der Waals surface area contributed by atoms with Gasteiger partial charge in [-0.15, -0.1) is 0 Å². The molecule has 1 heterocycles. The van der Waals surface area contributed by atoms with E-state index in [2.05, 4.69) is 21.0 Å². The van der Waals surface area contributed by atoms with Gasteiger partial charge < -0.3 is 5.11 Å². The van der Waals surface area contributed by atoms with Crippen LogP contribution >= 0.6 is 27.7 Å². The molecule has 0 unspecified atom stereocenters. The Bertz CT molecular complexity index is 656. The number of hydrogen-bond donors (Lipinski definition) is 1. The van der Waals surface area contributed by atoms with Crippen molar-refractivity contribution in [2.45, 2.75) is 11.2 Å². The van der Waals surface area contributed by atoms with Crippen molar-refractivity contribution in [1.82, 2.24) is 9.78 Å². The number of hydrogen-bond acceptors (Lipinski definition) is 3. The molecule has 0 atom stereocenters. The van der Waals surface area contributed by atoms with E-state index >= 15 is 0 Å². The van der Waals surface area contributed by atoms with Crippen LogP contribution in [0.15, 0.2) is 39.8 Å². The zero-order chi connectivity index (χ0) is 15.6. The lowest BCUT2D eigenvalue weighted by Gasteiger charge is -2.06. The fraction of sp³-hybridized carbons (Fsp3) is 0.167. The molecule has 4 nitrogen and oxygen atoms in total. The molecule has 1 aromatic carbocycles. The highest BCUT2D eigenvalue weighted by Gasteiger charge is 2.35. The molecule has 0 aliphatic rings. The summed E-state index contributed by atoms with van der Waals surface area (Å²) in [5.41, 5.74) is -0.639. The van der Waals surface area contributed by atoms with E-state index in [1.807, 2.05) is 0 Å². The molecular weight excluding hydrogens is 373 g/mol. The van der Waals surface area contributed by atoms with Crippen molar-refractivity contribution in [3.63, 3.8) is 0 Å². The molecule has 0 saturated heterocycles. The Morgan fingerprint density at radius 2 is 1.95 bits per heavy atom. The van der Waals surface area contributed by atoms with Gasteiger partial charge in [-0.05, 0) is 24.3 Å². The van der Waals surface area contributed by atoms with Crippen LogP contribution in [0.5, 0.6) is 0 Å². The first-order valence-electron chi connectivity index (χ1n) is 5.55. The summed E-state index contributed by atoms with van der Waals surface area (Å²) in [5, 5.41) is 12.3. The molecule has 0 fully saturated rings. The highest BCUT2D eigenvalue weighted by Crippen LogP contribution is 2.33. The van der Waals surface area contributed by atoms with Crippen LogP contribution in [-0.2, 0) is 11.0 Å². The summed E-state index contributed by atoms with van der Waals surface area (Å²) in [6.07, 6.45) is -4.58. The van der Waals surface area contributed by atoms with Crippen LogP contribution in [0.2, 0.25) is 0 Å². The van der Waals surface area contributed by atoms with Gasteiger partial charge in [0.15, 0.2) is 5.69 Å². The molecule has 0 amide bonds. The quantitative estimate of drug-likeness (QED) is 0.818. The SMILES string of the molecule is O=C(O)CSc1cc(C(F)(F)F)nn1-c1ccc(Br)cc1. The number of nitrogens with zero attached hydrogens (tertiary/aromatic N) is 2. The van der Waals surface area contributed by atoms with Crippen molar-refractivity contribution < 1.29 is 23.1 Å². The van der Waals surface area contributed by atoms with Crippen LogP contribution in [0.3, 0.4) is 0 Å². The molecule has 9 heteroatoms. The Labute approximate surface area is 130 Å². The molecule has 2 aromatic rings. The first-order chi connectivity index (χ1) is 9.77. The van der Waals surface area contributed by atoms with Gasteiger partial charge >= 0.3 is 12.1 Å². The molecule has 0 bridgehead atoms. The van der Waals surface area contributed by atoms with E-state index in [4.69, 9.17) is 5.11 Å². The molecule has 1 N–H and O–H groups in total. The van der Waals surface area contributed by atoms with E-state index in [1.54, 1.807) is 24.3 Å². The van der Waals surface area contributed by atoms with E-state index in [9.17, 15) is 18.0 Å². The number of aliphatic carboxylic acids is 1. The Morgan fingerprint density at radius 3 is 2.48 bits per heavy atom. The second-order valence-electron chi connectivity index (χ2n) is 3.94. The summed E-state index contributed by atoms with van der Waals surface area (Å²) in [6.45, 7) is 0. The van der Waals surface area contributed by atoms with E-state index < -0.39 is 17.8 Å². The number of halogens is 4. The Morgan fingerprint density at radius 1 is 1.33 bits per heavy atom. The molecule has 0 spiro atoms. The van der Waals surface area contributed by atoms with Crippen LogP contribution in [-0.4, -0.2) is 26.6 Å². The molecule has 1 aromatic heterocycles. The number of rotatable bonds is 4. The van der Waals surface area contributed by atoms with Crippen molar-refractivity contribution in [3.8, 4) is 5.69 Å². The fourth-order valence-corrected chi connectivity index (χ4v) is 2.51. The first-order valence-corrected chi connectivity index (χ1v) is 7.33. The van der Waals surface area contributed by atoms with Crippen molar-refractivity contribution in [1.29, 1.82) is 0 Å². The largest absolute Gasteiger partial charge is 0.481 e. The summed E-state index contributed by atoms with van der Waals surface area (Å²) in [7, 11) is 0. The number of carboxylic acid groups (broad SMARTS) is 1. The van der Waals surface area contributed by atoms with E-state index in [1.165, 1.54) is 0 Å². The first kappa shape index (κ1) is 15.9. The smallest absolute Gasteiger partial charge is 0.435 e. The fourth-order valence-electron chi connectivity index (χ4n) is 1.51. The van der Waals surface area contributed by atoms with Gasteiger partial charge in [-0.1, -0.05) is 27.7 Å². The monoisotopic (exact) mass is 380 g/mol. The van der Waals surface area contributed by atoms with Crippen LogP contribution in [0.4, 0.5) is 13.2 Å². The number of thioether (sulfide) groups is 1. The Kier molecular flexibility index (Phi) is 4.62. The third-order valence-electron chi connectivity index (χ3n) is 2.38. The molecule has 0 aliphatic carbocycles. The highest BCUT2D eigenvalue weighted by atomic mass is 79.9. The normalized spacial score (nSPS) is 11.6. The van der Waals surface area contributed by atoms with Crippen molar-refractivity contribution >= 4 is 33.7 Å². The van der Waals surface area contributed by atoms with Gasteiger partial charge in [0.05, 0.1) is 11.4 Å². The number of benzene rings is 1. The lowest BCUT2D eigenvalue weighted by Crippen LogP contribution is -2.07. The van der Waals surface area contributed by atoms with Gasteiger partial charge in [-0.25, -0.2) is 4.68 Å². The average molecular weight is 381 g/mol. The van der Waals surface area contributed by atoms with Gasteiger partial charge in [0.2, 0.25) is 0 Å². The minimum atomic E-state index is -4.58. The number of aromatic nitrogens is 2. The van der Waals surface area contributed by atoms with Crippen molar-refractivity contribution in [2.24, 2.45) is 0 Å². The summed E-state index contributed by atoms with van der Waals surface area (Å²) >= 11 is 4.01. The standard InChI is InChI=1S/C12H8BrF3N2O2S/c13-7-1-3-8(4-2-7)18-10(21-6-11(19)20)5-9(17-18)12(14,15)16/h1-5H,6H2,(H,19,20). The van der Waals surface area contributed by atoms with Gasteiger partial charge in [-0.2, -0.15) is 18.3 Å². The minimum absolute atomic E-state index is 0.118. The average Bonchev–Trinajstić information content (AvgIpc) is 2.81. The zero-order valence-electron chi connectivity index (χ0n) is 10.3. The maximum atomic E-state index is 12.8. The van der Waals surface area contributed by atoms with Crippen LogP contribution in [0, 0.1) is 0 Å². The van der Waals surface area contributed by atoms with Gasteiger partial charge in [-0.3, -0.25) is 4.79 Å². The van der Waals surface area contributed by atoms with Crippen molar-refractivity contribution in [3.05, 3.63) is 40.5 Å². The summed E-state index contributed by atoms with van der Waals surface area (Å²) < 4.78 is 40.1. The van der Waals surface area contributed by atoms with Gasteiger partial charge in [0.25, 0.3) is 0 Å². The number of alkyl halides is 3. The van der Waals surface area contributed by atoms with E-state index in [0.29, 0.717) is 5.69 Å². The molecule has 0 radical (unpaired) electrons. The molecule has 0 saturated carbocycles. The van der Waals surface area contributed by atoms with E-state index in [0.717, 1.165) is 27.0 Å². The Hall–Kier alpha value is -1.48. The maximum absolute atomic E-state index is 12.8. The number of carbonyl (C=O) groups is 1. The lowest BCUT2D eigenvalue weighted by molar-refractivity contribution is -0.141. The predicted molar refractivity (Wildman–Crippen MR) is 74.6 cm³/mol. The van der Waals surface area contributed by atoms with Gasteiger partial charge in [0, 0.05) is 10.5 Å². The molecule has 21 heavy (non-hydrogen) atoms. The van der Waals surface area contributed by atoms with Crippen LogP contribution in [0.25, 0.3) is 5.69 Å². The Balaban J connectivity index is 2.43. The third kappa shape index (κ3) is 4.01. The zero-order valence-corrected chi connectivity index (χ0v) is 12.7. The molecule has 112 valence electrons. The second-order valence-corrected chi connectivity index (χ2v) is 5.85. The minimum Gasteiger partial charge on any atom is -0.481 e. The van der Waals surface area contributed by atoms with Gasteiger partial charge in [0.1, 0.15) is 5.03 Å². The second kappa shape index (κ2) is 6.10. The maximum Gasteiger partial charge on any atom is 0.435 e. The topological polar surface area (TPSA) is 55.1 Å². The van der Waals surface area contributed by atoms with E-state index in [-0.39, 0.29) is 10.8 Å². The third-order valence-corrected chi connectivity index (χ3v) is 3.89. The summed E-state index contributed by atoms with van der Waals surface area (Å²) in [6, 6.07) is 7.34. The summed E-state index contributed by atoms with van der Waals surface area (Å²) in [4.78, 5) is 10.6. The lowest BCUT2D eigenvalue weighted by atomic mass is 10.3. The molecule has 2 rings (SSSR count). The predicted octanol–water partition coefficient (Wildman–Crippen LogP) is 3.83. The van der Waals surface area contributed by atoms with Crippen LogP contribution < -0.4 is 0 Å².